The summed E-state index contributed by atoms with van der Waals surface area (Å²) in [7, 11) is 0. The Morgan fingerprint density at radius 3 is 2.50 bits per heavy atom. The van der Waals surface area contributed by atoms with Crippen LogP contribution in [-0.2, 0) is 11.0 Å². The third kappa shape index (κ3) is 8.66. The standard InChI is InChI=1S/C21H26F3N5O2.C2HF3O2/c1-2-3-4-5-6-12-30-17-10-9-14(13-15(17)21(22,23)24)18-27-19(31-28-18)16-8-7-11-29(16)20(25)26;3-2(4,5)1(6)7/h4-5,9-10,13,16H,2-3,6-8,11-12H2,1H3,(H3,25,26);(H,6,7)/b5-4-;/t16-;/m0./s1. The van der Waals surface area contributed by atoms with Gasteiger partial charge in [-0.2, -0.15) is 31.3 Å². The quantitative estimate of drug-likeness (QED) is 0.128. The van der Waals surface area contributed by atoms with E-state index in [4.69, 9.17) is 30.3 Å². The first-order chi connectivity index (χ1) is 17.8. The molecule has 0 spiro atoms. The van der Waals surface area contributed by atoms with E-state index in [0.29, 0.717) is 19.4 Å². The lowest BCUT2D eigenvalue weighted by Gasteiger charge is -2.21. The molecule has 1 aromatic heterocycles. The highest BCUT2D eigenvalue weighted by atomic mass is 19.4. The van der Waals surface area contributed by atoms with Gasteiger partial charge in [0.1, 0.15) is 11.8 Å². The van der Waals surface area contributed by atoms with Gasteiger partial charge in [-0.25, -0.2) is 4.79 Å². The Labute approximate surface area is 213 Å². The number of aliphatic carboxylic acids is 1. The van der Waals surface area contributed by atoms with E-state index in [0.717, 1.165) is 25.3 Å². The predicted octanol–water partition coefficient (Wildman–Crippen LogP) is 5.54. The highest BCUT2D eigenvalue weighted by Gasteiger charge is 2.38. The largest absolute Gasteiger partial charge is 0.493 e. The van der Waals surface area contributed by atoms with Crippen molar-refractivity contribution in [1.29, 1.82) is 5.41 Å². The maximum atomic E-state index is 13.6. The third-order valence-corrected chi connectivity index (χ3v) is 5.24. The van der Waals surface area contributed by atoms with Crippen LogP contribution in [-0.4, -0.2) is 51.4 Å². The van der Waals surface area contributed by atoms with Gasteiger partial charge in [-0.15, -0.1) is 0 Å². The van der Waals surface area contributed by atoms with E-state index in [2.05, 4.69) is 17.1 Å². The van der Waals surface area contributed by atoms with Gasteiger partial charge in [-0.1, -0.05) is 30.7 Å². The number of nitrogens with one attached hydrogen (secondary N) is 1. The van der Waals surface area contributed by atoms with E-state index in [1.165, 1.54) is 12.1 Å². The molecule has 1 fully saturated rings. The number of hydrogen-bond donors (Lipinski definition) is 3. The maximum Gasteiger partial charge on any atom is 0.490 e. The van der Waals surface area contributed by atoms with Gasteiger partial charge in [-0.05, 0) is 43.9 Å². The maximum absolute atomic E-state index is 13.6. The van der Waals surface area contributed by atoms with Crippen LogP contribution in [0.3, 0.4) is 0 Å². The number of likely N-dealkylation sites (tertiary alicyclic amines) is 1. The van der Waals surface area contributed by atoms with Gasteiger partial charge in [0.15, 0.2) is 5.96 Å². The summed E-state index contributed by atoms with van der Waals surface area (Å²) in [5.74, 6) is -2.82. The Hall–Kier alpha value is -3.78. The van der Waals surface area contributed by atoms with Crippen LogP contribution in [0.1, 0.15) is 56.5 Å². The lowest BCUT2D eigenvalue weighted by Crippen LogP contribution is -2.35. The fourth-order valence-electron chi connectivity index (χ4n) is 3.46. The Morgan fingerprint density at radius 2 is 1.92 bits per heavy atom. The van der Waals surface area contributed by atoms with Gasteiger partial charge in [0.05, 0.1) is 12.2 Å². The molecule has 1 saturated heterocycles. The molecule has 2 heterocycles. The average Bonchev–Trinajstić information content (AvgIpc) is 3.50. The van der Waals surface area contributed by atoms with Crippen LogP contribution >= 0.6 is 0 Å². The molecule has 3 rings (SSSR count). The molecule has 1 aliphatic rings. The predicted molar refractivity (Wildman–Crippen MR) is 123 cm³/mol. The van der Waals surface area contributed by atoms with Crippen molar-refractivity contribution in [3.05, 3.63) is 41.8 Å². The fourth-order valence-corrected chi connectivity index (χ4v) is 3.46. The van der Waals surface area contributed by atoms with Crippen molar-refractivity contribution in [3.8, 4) is 17.1 Å². The van der Waals surface area contributed by atoms with Crippen LogP contribution < -0.4 is 10.5 Å². The Balaban J connectivity index is 0.000000638. The molecule has 0 aliphatic carbocycles. The molecule has 210 valence electrons. The van der Waals surface area contributed by atoms with Gasteiger partial charge in [-0.3, -0.25) is 5.41 Å². The zero-order chi connectivity index (χ0) is 28.5. The van der Waals surface area contributed by atoms with Crippen molar-refractivity contribution in [2.45, 2.75) is 57.4 Å². The summed E-state index contributed by atoms with van der Waals surface area (Å²) in [6, 6.07) is 3.38. The molecule has 2 aromatic rings. The summed E-state index contributed by atoms with van der Waals surface area (Å²) in [4.78, 5) is 14.8. The van der Waals surface area contributed by atoms with Crippen molar-refractivity contribution in [2.75, 3.05) is 13.2 Å². The highest BCUT2D eigenvalue weighted by Crippen LogP contribution is 2.39. The lowest BCUT2D eigenvalue weighted by molar-refractivity contribution is -0.192. The zero-order valence-electron chi connectivity index (χ0n) is 20.3. The second kappa shape index (κ2) is 13.1. The second-order valence-electron chi connectivity index (χ2n) is 8.10. The smallest absolute Gasteiger partial charge is 0.490 e. The topological polar surface area (TPSA) is 139 Å². The summed E-state index contributed by atoms with van der Waals surface area (Å²) in [5.41, 5.74) is 4.86. The number of guanidine groups is 1. The number of unbranched alkanes of at least 4 members (excludes halogenated alkanes) is 1. The van der Waals surface area contributed by atoms with Gasteiger partial charge < -0.3 is 25.0 Å². The van der Waals surface area contributed by atoms with Crippen LogP contribution in [0.25, 0.3) is 11.4 Å². The van der Waals surface area contributed by atoms with Crippen LogP contribution in [0.4, 0.5) is 26.3 Å². The van der Waals surface area contributed by atoms with Crippen LogP contribution in [0.15, 0.2) is 34.9 Å². The van der Waals surface area contributed by atoms with Gasteiger partial charge >= 0.3 is 18.3 Å². The number of hydrogen-bond acceptors (Lipinski definition) is 6. The summed E-state index contributed by atoms with van der Waals surface area (Å²) in [6.45, 7) is 2.80. The monoisotopic (exact) mass is 551 g/mol. The lowest BCUT2D eigenvalue weighted by atomic mass is 10.1. The highest BCUT2D eigenvalue weighted by molar-refractivity contribution is 5.75. The second-order valence-corrected chi connectivity index (χ2v) is 8.10. The molecule has 0 amide bonds. The van der Waals surface area contributed by atoms with Crippen molar-refractivity contribution >= 4 is 11.9 Å². The third-order valence-electron chi connectivity index (χ3n) is 5.24. The molecule has 0 radical (unpaired) electrons. The number of carbonyl (C=O) groups is 1. The molecule has 0 bridgehead atoms. The average molecular weight is 551 g/mol. The molecular weight excluding hydrogens is 524 g/mol. The summed E-state index contributed by atoms with van der Waals surface area (Å²) in [6.07, 6.45) is -1.83. The number of carboxylic acids is 1. The van der Waals surface area contributed by atoms with E-state index in [1.54, 1.807) is 4.90 Å². The normalized spacial score (nSPS) is 15.9. The van der Waals surface area contributed by atoms with Crippen molar-refractivity contribution < 1.29 is 45.5 Å². The molecule has 1 aromatic carbocycles. The van der Waals surface area contributed by atoms with Gasteiger partial charge in [0, 0.05) is 12.1 Å². The number of benzene rings is 1. The Morgan fingerprint density at radius 1 is 1.26 bits per heavy atom. The minimum atomic E-state index is -5.08. The molecule has 4 N–H and O–H groups in total. The van der Waals surface area contributed by atoms with E-state index in [-0.39, 0.29) is 41.6 Å². The van der Waals surface area contributed by atoms with Crippen LogP contribution in [0.2, 0.25) is 0 Å². The van der Waals surface area contributed by atoms with Crippen LogP contribution in [0, 0.1) is 5.41 Å². The number of aromatic nitrogens is 2. The SMILES string of the molecule is CCC/C=C\CCOc1ccc(-c2noc([C@@H]3CCCN3C(=N)N)n2)cc1C(F)(F)F.O=C(O)C(F)(F)F. The van der Waals surface area contributed by atoms with Crippen molar-refractivity contribution in [2.24, 2.45) is 5.73 Å². The number of halogens is 6. The molecular formula is C23H27F6N5O4. The number of nitrogens with two attached hydrogens (primary N) is 1. The molecule has 15 heteroatoms. The number of nitrogens with zero attached hydrogens (tertiary/aromatic N) is 3. The molecule has 38 heavy (non-hydrogen) atoms. The van der Waals surface area contributed by atoms with E-state index in [1.807, 2.05) is 12.2 Å². The minimum absolute atomic E-state index is 0.0463. The van der Waals surface area contributed by atoms with Crippen molar-refractivity contribution in [1.82, 2.24) is 15.0 Å². The first kappa shape index (κ1) is 30.4. The fraction of sp³-hybridized carbons (Fsp3) is 0.478. The van der Waals surface area contributed by atoms with Crippen LogP contribution in [0.5, 0.6) is 5.75 Å². The minimum Gasteiger partial charge on any atom is -0.493 e. The Bertz CT molecular complexity index is 1120. The van der Waals surface area contributed by atoms with E-state index in [9.17, 15) is 26.3 Å². The van der Waals surface area contributed by atoms with Gasteiger partial charge in [0.2, 0.25) is 11.7 Å². The summed E-state index contributed by atoms with van der Waals surface area (Å²) >= 11 is 0. The number of alkyl halides is 6. The number of ether oxygens (including phenoxy) is 1. The van der Waals surface area contributed by atoms with Gasteiger partial charge in [0.25, 0.3) is 0 Å². The van der Waals surface area contributed by atoms with E-state index >= 15 is 0 Å². The zero-order valence-corrected chi connectivity index (χ0v) is 20.3. The summed E-state index contributed by atoms with van der Waals surface area (Å²) < 4.78 is 83.2. The molecule has 9 nitrogen and oxygen atoms in total. The Kier molecular flexibility index (Phi) is 10.5. The number of rotatable bonds is 8. The number of carboxylic acid groups (broad SMARTS) is 1. The van der Waals surface area contributed by atoms with Crippen molar-refractivity contribution in [3.63, 3.8) is 0 Å². The molecule has 0 unspecified atom stereocenters. The molecule has 1 aliphatic heterocycles. The molecule has 0 saturated carbocycles. The van der Waals surface area contributed by atoms with E-state index < -0.39 is 23.9 Å². The first-order valence-corrected chi connectivity index (χ1v) is 11.5. The summed E-state index contributed by atoms with van der Waals surface area (Å²) in [5, 5.41) is 18.6. The number of allylic oxidation sites excluding steroid dienone is 1. The first-order valence-electron chi connectivity index (χ1n) is 11.5. The molecule has 1 atom stereocenters.